The van der Waals surface area contributed by atoms with Gasteiger partial charge in [0.05, 0.1) is 0 Å². The molecule has 0 aliphatic rings. The lowest BCUT2D eigenvalue weighted by molar-refractivity contribution is 0.273. The van der Waals surface area contributed by atoms with Gasteiger partial charge in [-0.15, -0.1) is 0 Å². The molecule has 1 rings (SSSR count). The fourth-order valence-electron chi connectivity index (χ4n) is 2.68. The molecule has 0 bridgehead atoms. The molecule has 0 fully saturated rings. The molecule has 120 valence electrons. The van der Waals surface area contributed by atoms with Crippen molar-refractivity contribution < 1.29 is 0 Å². The van der Waals surface area contributed by atoms with Crippen molar-refractivity contribution in [2.75, 3.05) is 20.6 Å². The van der Waals surface area contributed by atoms with Crippen LogP contribution < -0.4 is 5.32 Å². The second kappa shape index (κ2) is 8.55. The highest BCUT2D eigenvalue weighted by Crippen LogP contribution is 2.17. The van der Waals surface area contributed by atoms with Crippen molar-refractivity contribution in [3.8, 4) is 0 Å². The standard InChI is InChI=1S/C19H34N2/c1-14(2)12-17-8-10-18(11-9-17)16(5)20-19(15(3)4)13-21(6)7/h8-11,14-16,19-20H,12-13H2,1-7H3. The molecule has 0 radical (unpaired) electrons. The van der Waals surface area contributed by atoms with E-state index in [1.807, 2.05) is 0 Å². The maximum absolute atomic E-state index is 3.78. The first-order valence-electron chi connectivity index (χ1n) is 8.29. The summed E-state index contributed by atoms with van der Waals surface area (Å²) in [5.41, 5.74) is 2.82. The predicted octanol–water partition coefficient (Wildman–Crippen LogP) is 4.12. The average molecular weight is 290 g/mol. The zero-order valence-corrected chi connectivity index (χ0v) is 15.0. The summed E-state index contributed by atoms with van der Waals surface area (Å²) in [6.07, 6.45) is 1.16. The summed E-state index contributed by atoms with van der Waals surface area (Å²) in [5, 5.41) is 3.78. The van der Waals surface area contributed by atoms with Crippen molar-refractivity contribution in [3.63, 3.8) is 0 Å². The Labute approximate surface area is 131 Å². The number of likely N-dealkylation sites (N-methyl/N-ethyl adjacent to an activating group) is 1. The third-order valence-corrected chi connectivity index (χ3v) is 3.95. The molecule has 0 saturated carbocycles. The van der Waals surface area contributed by atoms with Crippen LogP contribution in [-0.4, -0.2) is 31.6 Å². The molecule has 2 atom stereocenters. The number of nitrogens with one attached hydrogen (secondary N) is 1. The van der Waals surface area contributed by atoms with Crippen LogP contribution >= 0.6 is 0 Å². The highest BCUT2D eigenvalue weighted by atomic mass is 15.1. The van der Waals surface area contributed by atoms with Gasteiger partial charge >= 0.3 is 0 Å². The second-order valence-corrected chi connectivity index (χ2v) is 7.34. The molecule has 2 unspecified atom stereocenters. The monoisotopic (exact) mass is 290 g/mol. The summed E-state index contributed by atoms with van der Waals surface area (Å²) in [6, 6.07) is 10.0. The molecule has 2 heteroatoms. The normalized spacial score (nSPS) is 15.0. The van der Waals surface area contributed by atoms with E-state index in [9.17, 15) is 0 Å². The Kier molecular flexibility index (Phi) is 7.41. The predicted molar refractivity (Wildman–Crippen MR) is 93.7 cm³/mol. The van der Waals surface area contributed by atoms with Crippen molar-refractivity contribution in [3.05, 3.63) is 35.4 Å². The van der Waals surface area contributed by atoms with E-state index in [1.165, 1.54) is 11.1 Å². The third-order valence-electron chi connectivity index (χ3n) is 3.95. The van der Waals surface area contributed by atoms with Gasteiger partial charge in [0, 0.05) is 18.6 Å². The SMILES string of the molecule is CC(C)Cc1ccc(C(C)NC(CN(C)C)C(C)C)cc1. The summed E-state index contributed by atoms with van der Waals surface area (Å²) >= 11 is 0. The van der Waals surface area contributed by atoms with Crippen LogP contribution in [0.15, 0.2) is 24.3 Å². The molecule has 1 aromatic rings. The molecule has 2 nitrogen and oxygen atoms in total. The molecule has 0 saturated heterocycles. The van der Waals surface area contributed by atoms with E-state index in [4.69, 9.17) is 0 Å². The highest BCUT2D eigenvalue weighted by Gasteiger charge is 2.17. The van der Waals surface area contributed by atoms with E-state index in [-0.39, 0.29) is 0 Å². The van der Waals surface area contributed by atoms with Crippen molar-refractivity contribution in [1.82, 2.24) is 10.2 Å². The Hall–Kier alpha value is -0.860. The van der Waals surface area contributed by atoms with E-state index >= 15 is 0 Å². The minimum absolute atomic E-state index is 0.394. The fraction of sp³-hybridized carbons (Fsp3) is 0.684. The van der Waals surface area contributed by atoms with Gasteiger partial charge in [0.2, 0.25) is 0 Å². The number of hydrogen-bond acceptors (Lipinski definition) is 2. The number of rotatable bonds is 8. The summed E-state index contributed by atoms with van der Waals surface area (Å²) in [6.45, 7) is 12.5. The first-order valence-corrected chi connectivity index (χ1v) is 8.29. The van der Waals surface area contributed by atoms with Crippen molar-refractivity contribution >= 4 is 0 Å². The lowest BCUT2D eigenvalue weighted by Crippen LogP contribution is -2.43. The Bertz CT molecular complexity index is 393. The summed E-state index contributed by atoms with van der Waals surface area (Å²) in [5.74, 6) is 1.35. The summed E-state index contributed by atoms with van der Waals surface area (Å²) in [4.78, 5) is 2.26. The van der Waals surface area contributed by atoms with Gasteiger partial charge in [0.1, 0.15) is 0 Å². The van der Waals surface area contributed by atoms with Crippen LogP contribution in [0.3, 0.4) is 0 Å². The van der Waals surface area contributed by atoms with E-state index in [0.29, 0.717) is 18.0 Å². The smallest absolute Gasteiger partial charge is 0.0294 e. The second-order valence-electron chi connectivity index (χ2n) is 7.34. The van der Waals surface area contributed by atoms with E-state index in [2.05, 4.69) is 83.2 Å². The first-order chi connectivity index (χ1) is 9.79. The topological polar surface area (TPSA) is 15.3 Å². The Morgan fingerprint density at radius 1 is 0.952 bits per heavy atom. The quantitative estimate of drug-likeness (QED) is 0.774. The maximum atomic E-state index is 3.78. The van der Waals surface area contributed by atoms with Crippen LogP contribution in [0.2, 0.25) is 0 Å². The summed E-state index contributed by atoms with van der Waals surface area (Å²) < 4.78 is 0. The Balaban J connectivity index is 2.66. The number of benzene rings is 1. The largest absolute Gasteiger partial charge is 0.308 e. The molecule has 0 aromatic heterocycles. The lowest BCUT2D eigenvalue weighted by atomic mass is 9.98. The zero-order chi connectivity index (χ0) is 16.0. The van der Waals surface area contributed by atoms with Crippen LogP contribution in [0.5, 0.6) is 0 Å². The molecule has 1 aromatic carbocycles. The molecule has 0 amide bonds. The first kappa shape index (κ1) is 18.2. The van der Waals surface area contributed by atoms with Gasteiger partial charge in [-0.1, -0.05) is 52.0 Å². The molecule has 0 aliphatic carbocycles. The Morgan fingerprint density at radius 3 is 1.95 bits per heavy atom. The minimum Gasteiger partial charge on any atom is -0.308 e. The van der Waals surface area contributed by atoms with Crippen molar-refractivity contribution in [2.24, 2.45) is 11.8 Å². The molecule has 0 aliphatic heterocycles. The van der Waals surface area contributed by atoms with E-state index in [1.54, 1.807) is 0 Å². The van der Waals surface area contributed by atoms with Crippen LogP contribution in [0, 0.1) is 11.8 Å². The van der Waals surface area contributed by atoms with Gasteiger partial charge in [-0.2, -0.15) is 0 Å². The molecule has 1 N–H and O–H groups in total. The van der Waals surface area contributed by atoms with Crippen molar-refractivity contribution in [1.29, 1.82) is 0 Å². The molecular formula is C19H34N2. The number of nitrogens with zero attached hydrogens (tertiary/aromatic N) is 1. The van der Waals surface area contributed by atoms with Gasteiger partial charge in [-0.05, 0) is 50.4 Å². The van der Waals surface area contributed by atoms with E-state index in [0.717, 1.165) is 18.9 Å². The molecule has 0 heterocycles. The lowest BCUT2D eigenvalue weighted by Gasteiger charge is -2.29. The zero-order valence-electron chi connectivity index (χ0n) is 15.0. The van der Waals surface area contributed by atoms with E-state index < -0.39 is 0 Å². The fourth-order valence-corrected chi connectivity index (χ4v) is 2.68. The van der Waals surface area contributed by atoms with Gasteiger partial charge in [0.15, 0.2) is 0 Å². The van der Waals surface area contributed by atoms with Crippen LogP contribution in [0.1, 0.15) is 51.8 Å². The summed E-state index contributed by atoms with van der Waals surface area (Å²) in [7, 11) is 4.28. The molecule has 0 spiro atoms. The molecular weight excluding hydrogens is 256 g/mol. The third kappa shape index (κ3) is 6.62. The average Bonchev–Trinajstić information content (AvgIpc) is 2.37. The van der Waals surface area contributed by atoms with Crippen LogP contribution in [-0.2, 0) is 6.42 Å². The van der Waals surface area contributed by atoms with Gasteiger partial charge < -0.3 is 10.2 Å². The van der Waals surface area contributed by atoms with Crippen LogP contribution in [0.25, 0.3) is 0 Å². The Morgan fingerprint density at radius 2 is 1.52 bits per heavy atom. The minimum atomic E-state index is 0.394. The number of hydrogen-bond donors (Lipinski definition) is 1. The van der Waals surface area contributed by atoms with Gasteiger partial charge in [0.25, 0.3) is 0 Å². The van der Waals surface area contributed by atoms with Gasteiger partial charge in [-0.25, -0.2) is 0 Å². The van der Waals surface area contributed by atoms with Gasteiger partial charge in [-0.3, -0.25) is 0 Å². The highest BCUT2D eigenvalue weighted by molar-refractivity contribution is 5.25. The molecule has 21 heavy (non-hydrogen) atoms. The van der Waals surface area contributed by atoms with Crippen molar-refractivity contribution in [2.45, 2.75) is 53.1 Å². The van der Waals surface area contributed by atoms with Crippen LogP contribution in [0.4, 0.5) is 0 Å². The maximum Gasteiger partial charge on any atom is 0.0294 e.